The summed E-state index contributed by atoms with van der Waals surface area (Å²) < 4.78 is 0. The summed E-state index contributed by atoms with van der Waals surface area (Å²) in [5, 5.41) is 0. The van der Waals surface area contributed by atoms with Gasteiger partial charge in [0.1, 0.15) is 0 Å². The first kappa shape index (κ1) is 12.0. The average molecular weight is 250 g/mol. The van der Waals surface area contributed by atoms with E-state index in [1.165, 1.54) is 17.6 Å². The van der Waals surface area contributed by atoms with Crippen molar-refractivity contribution in [2.45, 2.75) is 19.4 Å². The van der Waals surface area contributed by atoms with Gasteiger partial charge in [-0.25, -0.2) is 0 Å². The second-order valence-electron chi connectivity index (χ2n) is 4.93. The van der Waals surface area contributed by atoms with Crippen molar-refractivity contribution < 1.29 is 0 Å². The molecule has 3 rings (SSSR count). The Morgan fingerprint density at radius 2 is 1.84 bits per heavy atom. The molecule has 0 radical (unpaired) electrons. The van der Waals surface area contributed by atoms with E-state index in [1.807, 2.05) is 12.3 Å². The molecule has 0 spiro atoms. The van der Waals surface area contributed by atoms with Crippen LogP contribution in [-0.4, -0.2) is 16.4 Å². The minimum atomic E-state index is 0.983. The molecule has 0 amide bonds. The summed E-state index contributed by atoms with van der Waals surface area (Å²) in [4.78, 5) is 6.84. The van der Waals surface area contributed by atoms with Crippen molar-refractivity contribution in [3.63, 3.8) is 0 Å². The number of pyridine rings is 1. The number of hydrogen-bond donors (Lipinski definition) is 0. The lowest BCUT2D eigenvalue weighted by molar-refractivity contribution is 0.352. The maximum absolute atomic E-state index is 4.45. The molecule has 1 aliphatic rings. The highest BCUT2D eigenvalue weighted by molar-refractivity contribution is 5.62. The molecule has 0 bridgehead atoms. The van der Waals surface area contributed by atoms with Crippen LogP contribution in [0.25, 0.3) is 5.57 Å². The van der Waals surface area contributed by atoms with Gasteiger partial charge in [0.15, 0.2) is 0 Å². The topological polar surface area (TPSA) is 16.1 Å². The number of aromatic nitrogens is 1. The van der Waals surface area contributed by atoms with Gasteiger partial charge in [0.25, 0.3) is 0 Å². The Labute approximate surface area is 114 Å². The quantitative estimate of drug-likeness (QED) is 0.825. The normalized spacial score (nSPS) is 15.2. The van der Waals surface area contributed by atoms with Crippen molar-refractivity contribution in [2.24, 2.45) is 0 Å². The molecule has 96 valence electrons. The third-order valence-electron chi connectivity index (χ3n) is 3.45. The van der Waals surface area contributed by atoms with Crippen molar-refractivity contribution in [2.75, 3.05) is 6.54 Å². The minimum absolute atomic E-state index is 0.983. The van der Waals surface area contributed by atoms with Crippen LogP contribution >= 0.6 is 0 Å². The van der Waals surface area contributed by atoms with Gasteiger partial charge in [-0.2, -0.15) is 0 Å². The van der Waals surface area contributed by atoms with Crippen LogP contribution in [0.1, 0.15) is 24.1 Å². The van der Waals surface area contributed by atoms with Gasteiger partial charge in [0.05, 0.1) is 5.69 Å². The summed E-state index contributed by atoms with van der Waals surface area (Å²) >= 11 is 0. The van der Waals surface area contributed by atoms with Crippen LogP contribution in [-0.2, 0) is 6.54 Å². The van der Waals surface area contributed by atoms with Crippen LogP contribution < -0.4 is 0 Å². The highest BCUT2D eigenvalue weighted by Crippen LogP contribution is 2.24. The van der Waals surface area contributed by atoms with Crippen molar-refractivity contribution in [1.82, 2.24) is 9.88 Å². The van der Waals surface area contributed by atoms with Gasteiger partial charge in [0, 0.05) is 25.5 Å². The summed E-state index contributed by atoms with van der Waals surface area (Å²) in [6.07, 6.45) is 6.47. The molecular formula is C17H18N2. The highest BCUT2D eigenvalue weighted by Gasteiger charge is 2.12. The number of hydrogen-bond acceptors (Lipinski definition) is 2. The van der Waals surface area contributed by atoms with E-state index >= 15 is 0 Å². The Balaban J connectivity index is 1.77. The molecule has 2 heterocycles. The molecule has 0 aliphatic carbocycles. The van der Waals surface area contributed by atoms with Gasteiger partial charge < -0.3 is 4.90 Å². The predicted molar refractivity (Wildman–Crippen MR) is 78.3 cm³/mol. The summed E-state index contributed by atoms with van der Waals surface area (Å²) in [7, 11) is 0. The first-order valence-electron chi connectivity index (χ1n) is 6.82. The molecule has 1 aliphatic heterocycles. The van der Waals surface area contributed by atoms with E-state index < -0.39 is 0 Å². The highest BCUT2D eigenvalue weighted by atomic mass is 15.1. The first-order valence-corrected chi connectivity index (χ1v) is 6.82. The van der Waals surface area contributed by atoms with Crippen LogP contribution in [0, 0.1) is 0 Å². The predicted octanol–water partition coefficient (Wildman–Crippen LogP) is 3.72. The Bertz CT molecular complexity index is 546. The Hall–Kier alpha value is -2.09. The SMILES string of the molecule is C1=C(c2ccccn2)CCCN1Cc1ccccc1. The van der Waals surface area contributed by atoms with Crippen molar-refractivity contribution >= 4 is 5.57 Å². The zero-order chi connectivity index (χ0) is 12.9. The molecular weight excluding hydrogens is 232 g/mol. The second-order valence-corrected chi connectivity index (χ2v) is 4.93. The van der Waals surface area contributed by atoms with Gasteiger partial charge in [0.2, 0.25) is 0 Å². The zero-order valence-electron chi connectivity index (χ0n) is 11.0. The molecule has 0 atom stereocenters. The fourth-order valence-electron chi connectivity index (χ4n) is 2.51. The standard InChI is InChI=1S/C17H18N2/c1-2-7-15(8-3-1)13-19-12-6-9-16(14-19)17-10-4-5-11-18-17/h1-5,7-8,10-11,14H,6,9,12-13H2. The number of allylic oxidation sites excluding steroid dienone is 1. The Morgan fingerprint density at radius 3 is 2.63 bits per heavy atom. The van der Waals surface area contributed by atoms with Gasteiger partial charge in [-0.05, 0) is 36.1 Å². The molecule has 2 nitrogen and oxygen atoms in total. The number of rotatable bonds is 3. The minimum Gasteiger partial charge on any atom is -0.373 e. The molecule has 19 heavy (non-hydrogen) atoms. The monoisotopic (exact) mass is 250 g/mol. The molecule has 0 unspecified atom stereocenters. The fourth-order valence-corrected chi connectivity index (χ4v) is 2.51. The maximum atomic E-state index is 4.45. The lowest BCUT2D eigenvalue weighted by Crippen LogP contribution is -2.22. The van der Waals surface area contributed by atoms with Gasteiger partial charge >= 0.3 is 0 Å². The van der Waals surface area contributed by atoms with Gasteiger partial charge in [-0.15, -0.1) is 0 Å². The third-order valence-corrected chi connectivity index (χ3v) is 3.45. The van der Waals surface area contributed by atoms with E-state index in [1.54, 1.807) is 0 Å². The van der Waals surface area contributed by atoms with Crippen LogP contribution in [0.2, 0.25) is 0 Å². The largest absolute Gasteiger partial charge is 0.373 e. The first-order chi connectivity index (χ1) is 9.42. The summed E-state index contributed by atoms with van der Waals surface area (Å²) in [5.41, 5.74) is 3.82. The second kappa shape index (κ2) is 5.70. The molecule has 1 aromatic heterocycles. The number of benzene rings is 1. The van der Waals surface area contributed by atoms with E-state index in [4.69, 9.17) is 0 Å². The molecule has 0 fully saturated rings. The van der Waals surface area contributed by atoms with E-state index in [0.29, 0.717) is 0 Å². The Morgan fingerprint density at radius 1 is 1.00 bits per heavy atom. The summed E-state index contributed by atoms with van der Waals surface area (Å²) in [5.74, 6) is 0. The van der Waals surface area contributed by atoms with E-state index in [2.05, 4.69) is 58.5 Å². The van der Waals surface area contributed by atoms with E-state index in [-0.39, 0.29) is 0 Å². The van der Waals surface area contributed by atoms with Gasteiger partial charge in [-0.3, -0.25) is 4.98 Å². The van der Waals surface area contributed by atoms with Crippen LogP contribution in [0.15, 0.2) is 60.9 Å². The lowest BCUT2D eigenvalue weighted by Gasteiger charge is -2.26. The lowest BCUT2D eigenvalue weighted by atomic mass is 10.0. The fraction of sp³-hybridized carbons (Fsp3) is 0.235. The van der Waals surface area contributed by atoms with Crippen LogP contribution in [0.4, 0.5) is 0 Å². The molecule has 0 saturated heterocycles. The van der Waals surface area contributed by atoms with E-state index in [9.17, 15) is 0 Å². The van der Waals surface area contributed by atoms with Crippen molar-refractivity contribution in [3.8, 4) is 0 Å². The Kier molecular flexibility index (Phi) is 3.59. The molecule has 2 heteroatoms. The number of nitrogens with zero attached hydrogens (tertiary/aromatic N) is 2. The van der Waals surface area contributed by atoms with Gasteiger partial charge in [-0.1, -0.05) is 36.4 Å². The third kappa shape index (κ3) is 3.02. The van der Waals surface area contributed by atoms with Crippen molar-refractivity contribution in [1.29, 1.82) is 0 Å². The molecule has 0 N–H and O–H groups in total. The smallest absolute Gasteiger partial charge is 0.0676 e. The summed E-state index contributed by atoms with van der Waals surface area (Å²) in [6, 6.07) is 16.7. The zero-order valence-corrected chi connectivity index (χ0v) is 11.0. The molecule has 0 saturated carbocycles. The van der Waals surface area contributed by atoms with Crippen LogP contribution in [0.5, 0.6) is 0 Å². The van der Waals surface area contributed by atoms with E-state index in [0.717, 1.165) is 25.2 Å². The molecule has 2 aromatic rings. The average Bonchev–Trinajstić information content (AvgIpc) is 2.49. The maximum Gasteiger partial charge on any atom is 0.0676 e. The molecule has 1 aromatic carbocycles. The summed E-state index contributed by atoms with van der Waals surface area (Å²) in [6.45, 7) is 2.11. The van der Waals surface area contributed by atoms with Crippen LogP contribution in [0.3, 0.4) is 0 Å². The van der Waals surface area contributed by atoms with Crippen molar-refractivity contribution in [3.05, 3.63) is 72.2 Å².